The third-order valence-corrected chi connectivity index (χ3v) is 4.51. The number of rotatable bonds is 3. The molecule has 1 aliphatic rings. The first kappa shape index (κ1) is 19.7. The van der Waals surface area contributed by atoms with Crippen molar-refractivity contribution in [2.24, 2.45) is 0 Å². The van der Waals surface area contributed by atoms with E-state index < -0.39 is 0 Å². The number of nitrogens with one attached hydrogen (secondary N) is 1. The quantitative estimate of drug-likeness (QED) is 0.757. The van der Waals surface area contributed by atoms with Crippen molar-refractivity contribution in [1.82, 2.24) is 10.2 Å². The van der Waals surface area contributed by atoms with Crippen LogP contribution >= 0.6 is 56.7 Å². The highest BCUT2D eigenvalue weighted by molar-refractivity contribution is 9.11. The molecule has 0 saturated carbocycles. The molecule has 19 heavy (non-hydrogen) atoms. The molecule has 110 valence electrons. The second kappa shape index (κ2) is 9.59. The smallest absolute Gasteiger partial charge is 0.0358 e. The summed E-state index contributed by atoms with van der Waals surface area (Å²) in [5.74, 6) is 0. The third kappa shape index (κ3) is 5.18. The van der Waals surface area contributed by atoms with Crippen LogP contribution in [0.1, 0.15) is 24.9 Å². The molecule has 0 aliphatic carbocycles. The Morgan fingerprint density at radius 1 is 1.21 bits per heavy atom. The molecule has 0 amide bonds. The van der Waals surface area contributed by atoms with Gasteiger partial charge in [-0.15, -0.1) is 24.8 Å². The van der Waals surface area contributed by atoms with E-state index in [0.29, 0.717) is 6.04 Å². The van der Waals surface area contributed by atoms with Crippen LogP contribution in [0.25, 0.3) is 0 Å². The molecule has 0 unspecified atom stereocenters. The summed E-state index contributed by atoms with van der Waals surface area (Å²) in [6.07, 6.45) is 1.15. The van der Waals surface area contributed by atoms with Gasteiger partial charge in [0.1, 0.15) is 0 Å². The maximum atomic E-state index is 3.68. The van der Waals surface area contributed by atoms with Gasteiger partial charge in [-0.1, -0.05) is 38.8 Å². The number of halogens is 4. The van der Waals surface area contributed by atoms with Gasteiger partial charge in [0, 0.05) is 41.2 Å². The molecular formula is C13H20Br2Cl2N2. The van der Waals surface area contributed by atoms with Crippen LogP contribution in [0.2, 0.25) is 0 Å². The van der Waals surface area contributed by atoms with E-state index in [4.69, 9.17) is 0 Å². The van der Waals surface area contributed by atoms with Crippen LogP contribution in [-0.4, -0.2) is 31.1 Å². The summed E-state index contributed by atoms with van der Waals surface area (Å²) in [6, 6.07) is 6.96. The Labute approximate surface area is 144 Å². The Hall–Kier alpha value is 0.680. The van der Waals surface area contributed by atoms with Gasteiger partial charge in [-0.05, 0) is 30.2 Å². The molecule has 1 saturated heterocycles. The predicted octanol–water partition coefficient (Wildman–Crippen LogP) is 4.41. The van der Waals surface area contributed by atoms with Gasteiger partial charge < -0.3 is 5.32 Å². The number of benzene rings is 1. The summed E-state index contributed by atoms with van der Waals surface area (Å²) < 4.78 is 2.37. The predicted molar refractivity (Wildman–Crippen MR) is 93.8 cm³/mol. The Morgan fingerprint density at radius 3 is 2.42 bits per heavy atom. The number of nitrogens with zero attached hydrogens (tertiary/aromatic N) is 1. The van der Waals surface area contributed by atoms with Gasteiger partial charge in [-0.3, -0.25) is 4.90 Å². The molecule has 1 aliphatic heterocycles. The van der Waals surface area contributed by atoms with Gasteiger partial charge in [-0.2, -0.15) is 0 Å². The average molecular weight is 435 g/mol. The zero-order valence-corrected chi connectivity index (χ0v) is 15.7. The molecule has 1 aromatic rings. The lowest BCUT2D eigenvalue weighted by Gasteiger charge is -2.35. The van der Waals surface area contributed by atoms with Crippen LogP contribution < -0.4 is 5.32 Å². The van der Waals surface area contributed by atoms with Gasteiger partial charge in [0.25, 0.3) is 0 Å². The van der Waals surface area contributed by atoms with Gasteiger partial charge in [0.2, 0.25) is 0 Å². The van der Waals surface area contributed by atoms with Crippen molar-refractivity contribution in [3.05, 3.63) is 32.7 Å². The van der Waals surface area contributed by atoms with Crippen LogP contribution in [0.15, 0.2) is 27.1 Å². The highest BCUT2D eigenvalue weighted by Gasteiger charge is 2.22. The van der Waals surface area contributed by atoms with E-state index in [-0.39, 0.29) is 24.8 Å². The van der Waals surface area contributed by atoms with Crippen molar-refractivity contribution in [2.75, 3.05) is 26.2 Å². The maximum Gasteiger partial charge on any atom is 0.0358 e. The second-order valence-corrected chi connectivity index (χ2v) is 6.15. The van der Waals surface area contributed by atoms with Gasteiger partial charge in [0.05, 0.1) is 0 Å². The molecule has 1 aromatic carbocycles. The fraction of sp³-hybridized carbons (Fsp3) is 0.538. The molecule has 1 N–H and O–H groups in total. The minimum atomic E-state index is 0. The lowest BCUT2D eigenvalue weighted by atomic mass is 10.0. The van der Waals surface area contributed by atoms with Crippen LogP contribution in [0.4, 0.5) is 0 Å². The fourth-order valence-electron chi connectivity index (χ4n) is 2.44. The Balaban J connectivity index is 0.00000162. The van der Waals surface area contributed by atoms with E-state index in [2.05, 4.69) is 67.2 Å². The lowest BCUT2D eigenvalue weighted by molar-refractivity contribution is 0.169. The zero-order chi connectivity index (χ0) is 12.3. The summed E-state index contributed by atoms with van der Waals surface area (Å²) in [4.78, 5) is 2.57. The fourth-order valence-corrected chi connectivity index (χ4v) is 3.33. The van der Waals surface area contributed by atoms with Gasteiger partial charge in [-0.25, -0.2) is 0 Å². The summed E-state index contributed by atoms with van der Waals surface area (Å²) in [5.41, 5.74) is 1.39. The second-order valence-electron chi connectivity index (χ2n) is 4.38. The molecule has 2 nitrogen and oxygen atoms in total. The molecule has 0 spiro atoms. The number of hydrogen-bond donors (Lipinski definition) is 1. The molecule has 1 fully saturated rings. The van der Waals surface area contributed by atoms with Crippen molar-refractivity contribution in [3.8, 4) is 0 Å². The molecule has 1 atom stereocenters. The first-order valence-electron chi connectivity index (χ1n) is 6.12. The molecule has 0 radical (unpaired) electrons. The molecule has 0 bridgehead atoms. The molecule has 6 heteroatoms. The number of piperazine rings is 1. The Morgan fingerprint density at radius 2 is 1.84 bits per heavy atom. The standard InChI is InChI=1S/C13H18Br2N2.2ClH/c1-2-13(17-7-5-16-6-8-17)11-9-10(14)3-4-12(11)15;;/h3-4,9,13,16H,2,5-8H2,1H3;2*1H/t13-;;/m1../s1. The molecular weight excluding hydrogens is 415 g/mol. The number of hydrogen-bond acceptors (Lipinski definition) is 2. The molecule has 0 aromatic heterocycles. The van der Waals surface area contributed by atoms with E-state index in [9.17, 15) is 0 Å². The van der Waals surface area contributed by atoms with Crippen LogP contribution in [0.3, 0.4) is 0 Å². The Bertz CT molecular complexity index is 385. The zero-order valence-electron chi connectivity index (χ0n) is 10.9. The van der Waals surface area contributed by atoms with Gasteiger partial charge >= 0.3 is 0 Å². The molecule has 2 rings (SSSR count). The van der Waals surface area contributed by atoms with E-state index in [1.807, 2.05) is 0 Å². The lowest BCUT2D eigenvalue weighted by Crippen LogP contribution is -2.45. The van der Waals surface area contributed by atoms with Crippen molar-refractivity contribution in [1.29, 1.82) is 0 Å². The maximum absolute atomic E-state index is 3.68. The highest BCUT2D eigenvalue weighted by Crippen LogP contribution is 2.32. The van der Waals surface area contributed by atoms with Crippen LogP contribution in [0, 0.1) is 0 Å². The average Bonchev–Trinajstić information content (AvgIpc) is 2.36. The minimum Gasteiger partial charge on any atom is -0.314 e. The van der Waals surface area contributed by atoms with Crippen LogP contribution in [-0.2, 0) is 0 Å². The van der Waals surface area contributed by atoms with E-state index >= 15 is 0 Å². The van der Waals surface area contributed by atoms with E-state index in [1.165, 1.54) is 10.0 Å². The summed E-state index contributed by atoms with van der Waals surface area (Å²) >= 11 is 7.24. The largest absolute Gasteiger partial charge is 0.314 e. The van der Waals surface area contributed by atoms with Gasteiger partial charge in [0.15, 0.2) is 0 Å². The van der Waals surface area contributed by atoms with Crippen LogP contribution in [0.5, 0.6) is 0 Å². The van der Waals surface area contributed by atoms with Crippen molar-refractivity contribution in [3.63, 3.8) is 0 Å². The first-order chi connectivity index (χ1) is 8.22. The van der Waals surface area contributed by atoms with E-state index in [0.717, 1.165) is 37.1 Å². The summed E-state index contributed by atoms with van der Waals surface area (Å²) in [7, 11) is 0. The van der Waals surface area contributed by atoms with E-state index in [1.54, 1.807) is 0 Å². The molecule has 1 heterocycles. The topological polar surface area (TPSA) is 15.3 Å². The summed E-state index contributed by atoms with van der Waals surface area (Å²) in [5, 5.41) is 3.41. The first-order valence-corrected chi connectivity index (χ1v) is 7.70. The van der Waals surface area contributed by atoms with Crippen molar-refractivity contribution in [2.45, 2.75) is 19.4 Å². The highest BCUT2D eigenvalue weighted by atomic mass is 79.9. The third-order valence-electron chi connectivity index (χ3n) is 3.30. The van der Waals surface area contributed by atoms with Crippen molar-refractivity contribution < 1.29 is 0 Å². The monoisotopic (exact) mass is 432 g/mol. The minimum absolute atomic E-state index is 0. The summed E-state index contributed by atoms with van der Waals surface area (Å²) in [6.45, 7) is 6.74. The SMILES string of the molecule is CC[C@H](c1cc(Br)ccc1Br)N1CCNCC1.Cl.Cl. The van der Waals surface area contributed by atoms with Crippen molar-refractivity contribution >= 4 is 56.7 Å². The Kier molecular flexibility index (Phi) is 9.93. The normalized spacial score (nSPS) is 17.2.